The molecule has 0 radical (unpaired) electrons. The highest BCUT2D eigenvalue weighted by Crippen LogP contribution is 2.18. The van der Waals surface area contributed by atoms with Crippen molar-refractivity contribution in [2.45, 2.75) is 0 Å². The number of nitrogen functional groups attached to an aromatic ring is 1. The molecule has 0 aromatic carbocycles. The van der Waals surface area contributed by atoms with Crippen molar-refractivity contribution >= 4 is 11.9 Å². The molecule has 1 aliphatic heterocycles. The minimum atomic E-state index is 0.251. The molecule has 2 aromatic rings. The Morgan fingerprint density at radius 1 is 1.00 bits per heavy atom. The number of pyridine rings is 1. The van der Waals surface area contributed by atoms with E-state index < -0.39 is 0 Å². The van der Waals surface area contributed by atoms with Gasteiger partial charge in [0, 0.05) is 44.1 Å². The Labute approximate surface area is 117 Å². The van der Waals surface area contributed by atoms with E-state index in [-0.39, 0.29) is 5.95 Å². The highest BCUT2D eigenvalue weighted by atomic mass is 15.3. The predicted molar refractivity (Wildman–Crippen MR) is 77.2 cm³/mol. The molecule has 0 amide bonds. The monoisotopic (exact) mass is 271 g/mol. The van der Waals surface area contributed by atoms with Crippen LogP contribution in [0.1, 0.15) is 0 Å². The molecular weight excluding hydrogens is 254 g/mol. The van der Waals surface area contributed by atoms with Crippen molar-refractivity contribution in [1.29, 1.82) is 0 Å². The zero-order valence-corrected chi connectivity index (χ0v) is 11.4. The summed E-state index contributed by atoms with van der Waals surface area (Å²) < 4.78 is 0. The average Bonchev–Trinajstić information content (AvgIpc) is 2.48. The van der Waals surface area contributed by atoms with Gasteiger partial charge in [-0.1, -0.05) is 0 Å². The third-order valence-corrected chi connectivity index (χ3v) is 3.37. The Balaban J connectivity index is 1.91. The van der Waals surface area contributed by atoms with Crippen molar-refractivity contribution in [1.82, 2.24) is 24.8 Å². The molecule has 7 heteroatoms. The number of anilines is 2. The van der Waals surface area contributed by atoms with Gasteiger partial charge in [-0.3, -0.25) is 4.98 Å². The molecule has 0 atom stereocenters. The van der Waals surface area contributed by atoms with Crippen LogP contribution < -0.4 is 10.6 Å². The van der Waals surface area contributed by atoms with Gasteiger partial charge in [-0.15, -0.1) is 0 Å². The van der Waals surface area contributed by atoms with Crippen LogP contribution in [0.4, 0.5) is 11.9 Å². The summed E-state index contributed by atoms with van der Waals surface area (Å²) in [5.74, 6) is 1.49. The van der Waals surface area contributed by atoms with Crippen LogP contribution in [0.5, 0.6) is 0 Å². The van der Waals surface area contributed by atoms with E-state index in [2.05, 4.69) is 36.8 Å². The fraction of sp³-hybridized carbons (Fsp3) is 0.385. The molecule has 0 aliphatic carbocycles. The normalized spacial score (nSPS) is 16.4. The molecule has 20 heavy (non-hydrogen) atoms. The second-order valence-corrected chi connectivity index (χ2v) is 4.84. The van der Waals surface area contributed by atoms with Crippen molar-refractivity contribution in [2.24, 2.45) is 0 Å². The number of likely N-dealkylation sites (N-methyl/N-ethyl adjacent to an activating group) is 1. The third-order valence-electron chi connectivity index (χ3n) is 3.37. The lowest BCUT2D eigenvalue weighted by Crippen LogP contribution is -2.45. The van der Waals surface area contributed by atoms with Crippen LogP contribution in [-0.2, 0) is 0 Å². The molecule has 0 bridgehead atoms. The Morgan fingerprint density at radius 3 is 2.40 bits per heavy atom. The highest BCUT2D eigenvalue weighted by molar-refractivity contribution is 5.57. The van der Waals surface area contributed by atoms with Crippen LogP contribution in [0, 0.1) is 0 Å². The summed E-state index contributed by atoms with van der Waals surface area (Å²) in [5, 5.41) is 0. The fourth-order valence-electron chi connectivity index (χ4n) is 2.16. The summed E-state index contributed by atoms with van der Waals surface area (Å²) in [6.07, 6.45) is 3.43. The quantitative estimate of drug-likeness (QED) is 0.839. The minimum absolute atomic E-state index is 0.251. The maximum atomic E-state index is 5.82. The summed E-state index contributed by atoms with van der Waals surface area (Å²) in [6, 6.07) is 3.73. The molecule has 0 unspecified atom stereocenters. The first-order valence-electron chi connectivity index (χ1n) is 6.58. The molecule has 2 N–H and O–H groups in total. The van der Waals surface area contributed by atoms with E-state index in [1.807, 2.05) is 12.1 Å². The number of nitrogens with two attached hydrogens (primary N) is 1. The molecular formula is C13H17N7. The Morgan fingerprint density at radius 2 is 1.70 bits per heavy atom. The molecule has 1 aliphatic rings. The maximum absolute atomic E-state index is 5.82. The van der Waals surface area contributed by atoms with Crippen LogP contribution in [-0.4, -0.2) is 58.1 Å². The molecule has 104 valence electrons. The summed E-state index contributed by atoms with van der Waals surface area (Å²) in [6.45, 7) is 3.79. The Kier molecular flexibility index (Phi) is 3.42. The number of hydrogen-bond donors (Lipinski definition) is 1. The molecule has 2 aromatic heterocycles. The van der Waals surface area contributed by atoms with Gasteiger partial charge in [-0.2, -0.15) is 15.0 Å². The first-order valence-corrected chi connectivity index (χ1v) is 6.58. The standard InChI is InChI=1S/C13H17N7/c1-19-6-8-20(9-7-19)13-17-11(16-12(14)18-13)10-2-4-15-5-3-10/h2-5H,6-9H2,1H3,(H2,14,16,17,18). The molecule has 3 rings (SSSR count). The van der Waals surface area contributed by atoms with Crippen LogP contribution in [0.25, 0.3) is 11.4 Å². The van der Waals surface area contributed by atoms with Gasteiger partial charge in [0.25, 0.3) is 0 Å². The summed E-state index contributed by atoms with van der Waals surface area (Å²) in [7, 11) is 2.11. The van der Waals surface area contributed by atoms with Gasteiger partial charge in [0.1, 0.15) is 0 Å². The van der Waals surface area contributed by atoms with E-state index in [1.165, 1.54) is 0 Å². The first-order chi connectivity index (χ1) is 9.72. The molecule has 1 saturated heterocycles. The predicted octanol–water partition coefficient (Wildman–Crippen LogP) is 0.268. The number of piperazine rings is 1. The zero-order valence-electron chi connectivity index (χ0n) is 11.4. The van der Waals surface area contributed by atoms with E-state index in [9.17, 15) is 0 Å². The molecule has 1 fully saturated rings. The van der Waals surface area contributed by atoms with Crippen molar-refractivity contribution in [2.75, 3.05) is 43.9 Å². The number of nitrogens with zero attached hydrogens (tertiary/aromatic N) is 6. The van der Waals surface area contributed by atoms with E-state index in [0.29, 0.717) is 11.8 Å². The summed E-state index contributed by atoms with van der Waals surface area (Å²) >= 11 is 0. The van der Waals surface area contributed by atoms with Gasteiger partial charge in [-0.05, 0) is 19.2 Å². The molecule has 0 spiro atoms. The van der Waals surface area contributed by atoms with Gasteiger partial charge in [0.15, 0.2) is 5.82 Å². The number of aromatic nitrogens is 4. The minimum Gasteiger partial charge on any atom is -0.368 e. The summed E-state index contributed by atoms with van der Waals surface area (Å²) in [4.78, 5) is 21.4. The first kappa shape index (κ1) is 12.7. The molecule has 7 nitrogen and oxygen atoms in total. The second kappa shape index (κ2) is 5.38. The zero-order chi connectivity index (χ0) is 13.9. The van der Waals surface area contributed by atoms with Crippen LogP contribution >= 0.6 is 0 Å². The van der Waals surface area contributed by atoms with E-state index >= 15 is 0 Å². The maximum Gasteiger partial charge on any atom is 0.230 e. The fourth-order valence-corrected chi connectivity index (χ4v) is 2.16. The third kappa shape index (κ3) is 2.67. The lowest BCUT2D eigenvalue weighted by Gasteiger charge is -2.32. The number of hydrogen-bond acceptors (Lipinski definition) is 7. The topological polar surface area (TPSA) is 84.1 Å². The van der Waals surface area contributed by atoms with Crippen LogP contribution in [0.15, 0.2) is 24.5 Å². The van der Waals surface area contributed by atoms with Crippen molar-refractivity contribution in [3.8, 4) is 11.4 Å². The molecule has 0 saturated carbocycles. The van der Waals surface area contributed by atoms with Gasteiger partial charge < -0.3 is 15.5 Å². The SMILES string of the molecule is CN1CCN(c2nc(N)nc(-c3ccncc3)n2)CC1. The second-order valence-electron chi connectivity index (χ2n) is 4.84. The lowest BCUT2D eigenvalue weighted by atomic mass is 10.2. The smallest absolute Gasteiger partial charge is 0.230 e. The van der Waals surface area contributed by atoms with Crippen LogP contribution in [0.2, 0.25) is 0 Å². The van der Waals surface area contributed by atoms with Crippen LogP contribution in [0.3, 0.4) is 0 Å². The van der Waals surface area contributed by atoms with E-state index in [4.69, 9.17) is 5.73 Å². The van der Waals surface area contributed by atoms with Crippen molar-refractivity contribution in [3.63, 3.8) is 0 Å². The Bertz CT molecular complexity index is 579. The van der Waals surface area contributed by atoms with Gasteiger partial charge in [-0.25, -0.2) is 0 Å². The number of rotatable bonds is 2. The summed E-state index contributed by atoms with van der Waals surface area (Å²) in [5.41, 5.74) is 6.71. The van der Waals surface area contributed by atoms with E-state index in [0.717, 1.165) is 31.7 Å². The molecule has 3 heterocycles. The highest BCUT2D eigenvalue weighted by Gasteiger charge is 2.18. The van der Waals surface area contributed by atoms with Gasteiger partial charge >= 0.3 is 0 Å². The van der Waals surface area contributed by atoms with E-state index in [1.54, 1.807) is 12.4 Å². The Hall–Kier alpha value is -2.28. The van der Waals surface area contributed by atoms with Gasteiger partial charge in [0.2, 0.25) is 11.9 Å². The average molecular weight is 271 g/mol. The lowest BCUT2D eigenvalue weighted by molar-refractivity contribution is 0.311. The van der Waals surface area contributed by atoms with Crippen molar-refractivity contribution < 1.29 is 0 Å². The van der Waals surface area contributed by atoms with Crippen molar-refractivity contribution in [3.05, 3.63) is 24.5 Å². The largest absolute Gasteiger partial charge is 0.368 e. The van der Waals surface area contributed by atoms with Gasteiger partial charge in [0.05, 0.1) is 0 Å².